The highest BCUT2D eigenvalue weighted by Crippen LogP contribution is 2.32. The minimum absolute atomic E-state index is 0.264. The summed E-state index contributed by atoms with van der Waals surface area (Å²) in [4.78, 5) is 2.79. The fourth-order valence-corrected chi connectivity index (χ4v) is 1.84. The SMILES string of the molecule is CCC1OCC=C(c2ccc(Cl)cc2N=[N+]=[N-])O1. The van der Waals surface area contributed by atoms with Crippen molar-refractivity contribution in [3.8, 4) is 0 Å². The van der Waals surface area contributed by atoms with Gasteiger partial charge >= 0.3 is 0 Å². The molecule has 1 unspecified atom stereocenters. The second-order valence-corrected chi connectivity index (χ2v) is 4.14. The Morgan fingerprint density at radius 3 is 3.11 bits per heavy atom. The molecule has 0 N–H and O–H groups in total. The van der Waals surface area contributed by atoms with Gasteiger partial charge in [-0.25, -0.2) is 0 Å². The minimum Gasteiger partial charge on any atom is -0.465 e. The van der Waals surface area contributed by atoms with E-state index < -0.39 is 0 Å². The van der Waals surface area contributed by atoms with Crippen LogP contribution < -0.4 is 0 Å². The van der Waals surface area contributed by atoms with E-state index in [1.807, 2.05) is 13.0 Å². The van der Waals surface area contributed by atoms with Crippen molar-refractivity contribution in [3.63, 3.8) is 0 Å². The average molecular weight is 266 g/mol. The molecule has 0 aliphatic carbocycles. The molecule has 1 heterocycles. The molecule has 0 saturated carbocycles. The van der Waals surface area contributed by atoms with E-state index in [4.69, 9.17) is 26.6 Å². The van der Waals surface area contributed by atoms with Crippen LogP contribution in [-0.2, 0) is 9.47 Å². The Balaban J connectivity index is 2.38. The Kier molecular flexibility index (Phi) is 4.10. The van der Waals surface area contributed by atoms with Crippen molar-refractivity contribution in [1.82, 2.24) is 0 Å². The lowest BCUT2D eigenvalue weighted by Gasteiger charge is -2.24. The summed E-state index contributed by atoms with van der Waals surface area (Å²) in [7, 11) is 0. The van der Waals surface area contributed by atoms with Crippen LogP contribution in [0.2, 0.25) is 5.02 Å². The van der Waals surface area contributed by atoms with Gasteiger partial charge in [0.05, 0.1) is 6.61 Å². The van der Waals surface area contributed by atoms with Gasteiger partial charge in [-0.15, -0.1) is 0 Å². The van der Waals surface area contributed by atoms with Gasteiger partial charge in [-0.1, -0.05) is 23.6 Å². The standard InChI is InChI=1S/C12H12ClN3O2/c1-2-12-17-6-5-11(18-12)9-4-3-8(13)7-10(9)15-16-14/h3-5,7,12H,2,6H2,1H3. The minimum atomic E-state index is -0.264. The highest BCUT2D eigenvalue weighted by molar-refractivity contribution is 6.30. The summed E-state index contributed by atoms with van der Waals surface area (Å²) >= 11 is 5.88. The van der Waals surface area contributed by atoms with Gasteiger partial charge in [0.25, 0.3) is 0 Å². The lowest BCUT2D eigenvalue weighted by molar-refractivity contribution is -0.0998. The third-order valence-corrected chi connectivity index (χ3v) is 2.76. The number of hydrogen-bond acceptors (Lipinski definition) is 3. The highest BCUT2D eigenvalue weighted by atomic mass is 35.5. The second-order valence-electron chi connectivity index (χ2n) is 3.71. The quantitative estimate of drug-likeness (QED) is 0.462. The molecule has 0 aromatic heterocycles. The van der Waals surface area contributed by atoms with Crippen LogP contribution in [0, 0.1) is 0 Å². The van der Waals surface area contributed by atoms with Crippen molar-refractivity contribution in [2.75, 3.05) is 6.61 Å². The molecule has 0 radical (unpaired) electrons. The van der Waals surface area contributed by atoms with Gasteiger partial charge in [0, 0.05) is 27.6 Å². The topological polar surface area (TPSA) is 67.2 Å². The molecule has 2 rings (SSSR count). The van der Waals surface area contributed by atoms with Gasteiger partial charge in [-0.2, -0.15) is 0 Å². The van der Waals surface area contributed by atoms with Crippen molar-refractivity contribution in [2.24, 2.45) is 5.11 Å². The molecule has 6 heteroatoms. The van der Waals surface area contributed by atoms with E-state index in [2.05, 4.69) is 10.0 Å². The van der Waals surface area contributed by atoms with Gasteiger partial charge in [0.2, 0.25) is 0 Å². The summed E-state index contributed by atoms with van der Waals surface area (Å²) in [6.07, 6.45) is 2.30. The molecule has 1 aromatic carbocycles. The van der Waals surface area contributed by atoms with Crippen LogP contribution >= 0.6 is 11.6 Å². The number of azide groups is 1. The van der Waals surface area contributed by atoms with Gasteiger partial charge in [-0.3, -0.25) is 0 Å². The van der Waals surface area contributed by atoms with Crippen LogP contribution in [-0.4, -0.2) is 12.9 Å². The van der Waals surface area contributed by atoms with E-state index in [0.29, 0.717) is 23.1 Å². The van der Waals surface area contributed by atoms with Crippen molar-refractivity contribution >= 4 is 23.0 Å². The van der Waals surface area contributed by atoms with Crippen LogP contribution in [0.4, 0.5) is 5.69 Å². The second kappa shape index (κ2) is 5.78. The molecule has 0 fully saturated rings. The molecule has 0 saturated heterocycles. The zero-order valence-electron chi connectivity index (χ0n) is 9.84. The van der Waals surface area contributed by atoms with Gasteiger partial charge < -0.3 is 9.47 Å². The van der Waals surface area contributed by atoms with E-state index >= 15 is 0 Å². The van der Waals surface area contributed by atoms with E-state index in [1.54, 1.807) is 18.2 Å². The van der Waals surface area contributed by atoms with Crippen molar-refractivity contribution in [2.45, 2.75) is 19.6 Å². The maximum atomic E-state index is 8.56. The predicted octanol–water partition coefficient (Wildman–Crippen LogP) is 4.41. The lowest BCUT2D eigenvalue weighted by atomic mass is 10.1. The maximum Gasteiger partial charge on any atom is 0.199 e. The molecule has 0 amide bonds. The molecule has 0 bridgehead atoms. The maximum absolute atomic E-state index is 8.56. The molecule has 1 aromatic rings. The van der Waals surface area contributed by atoms with Crippen molar-refractivity contribution in [1.29, 1.82) is 0 Å². The zero-order valence-corrected chi connectivity index (χ0v) is 10.6. The Bertz CT molecular complexity index is 524. The number of nitrogens with zero attached hydrogens (tertiary/aromatic N) is 3. The lowest BCUT2D eigenvalue weighted by Crippen LogP contribution is -2.20. The number of rotatable bonds is 3. The Hall–Kier alpha value is -1.68. The third kappa shape index (κ3) is 2.76. The van der Waals surface area contributed by atoms with Gasteiger partial charge in [0.15, 0.2) is 6.29 Å². The van der Waals surface area contributed by atoms with E-state index in [9.17, 15) is 0 Å². The Morgan fingerprint density at radius 2 is 2.39 bits per heavy atom. The van der Waals surface area contributed by atoms with E-state index in [1.165, 1.54) is 0 Å². The van der Waals surface area contributed by atoms with Gasteiger partial charge in [-0.05, 0) is 29.8 Å². The molecule has 1 aliphatic heterocycles. The summed E-state index contributed by atoms with van der Waals surface area (Å²) < 4.78 is 11.0. The fraction of sp³-hybridized carbons (Fsp3) is 0.333. The highest BCUT2D eigenvalue weighted by Gasteiger charge is 2.18. The summed E-state index contributed by atoms with van der Waals surface area (Å²) in [5.41, 5.74) is 9.73. The van der Waals surface area contributed by atoms with Crippen LogP contribution in [0.15, 0.2) is 29.4 Å². The molecule has 18 heavy (non-hydrogen) atoms. The molecule has 94 valence electrons. The first-order valence-electron chi connectivity index (χ1n) is 5.58. The van der Waals surface area contributed by atoms with Crippen LogP contribution in [0.3, 0.4) is 0 Å². The Labute approximate surface area is 110 Å². The third-order valence-electron chi connectivity index (χ3n) is 2.52. The molecular formula is C12H12ClN3O2. The predicted molar refractivity (Wildman–Crippen MR) is 69.4 cm³/mol. The Morgan fingerprint density at radius 1 is 1.56 bits per heavy atom. The summed E-state index contributed by atoms with van der Waals surface area (Å²) in [6, 6.07) is 5.11. The van der Waals surface area contributed by atoms with Crippen molar-refractivity contribution < 1.29 is 9.47 Å². The number of ether oxygens (including phenoxy) is 2. The summed E-state index contributed by atoms with van der Waals surface area (Å²) in [5.74, 6) is 0.659. The van der Waals surface area contributed by atoms with Crippen molar-refractivity contribution in [3.05, 3.63) is 45.3 Å². The van der Waals surface area contributed by atoms with Crippen LogP contribution in [0.1, 0.15) is 18.9 Å². The first kappa shape index (κ1) is 12.8. The molecule has 5 nitrogen and oxygen atoms in total. The number of hydrogen-bond donors (Lipinski definition) is 0. The molecule has 0 spiro atoms. The first-order chi connectivity index (χ1) is 8.74. The largest absolute Gasteiger partial charge is 0.465 e. The number of halogens is 1. The first-order valence-corrected chi connectivity index (χ1v) is 5.96. The molecule has 1 atom stereocenters. The van der Waals surface area contributed by atoms with E-state index in [-0.39, 0.29) is 6.29 Å². The summed E-state index contributed by atoms with van der Waals surface area (Å²) in [5, 5.41) is 4.14. The zero-order chi connectivity index (χ0) is 13.0. The molecular weight excluding hydrogens is 254 g/mol. The smallest absolute Gasteiger partial charge is 0.199 e. The van der Waals surface area contributed by atoms with Crippen LogP contribution in [0.25, 0.3) is 16.2 Å². The summed E-state index contributed by atoms with van der Waals surface area (Å²) in [6.45, 7) is 2.45. The monoisotopic (exact) mass is 265 g/mol. The number of benzene rings is 1. The molecule has 1 aliphatic rings. The van der Waals surface area contributed by atoms with Gasteiger partial charge in [0.1, 0.15) is 5.76 Å². The fourth-order valence-electron chi connectivity index (χ4n) is 1.67. The average Bonchev–Trinajstić information content (AvgIpc) is 2.39. The van der Waals surface area contributed by atoms with E-state index in [0.717, 1.165) is 12.0 Å². The normalized spacial score (nSPS) is 18.6. The van der Waals surface area contributed by atoms with Crippen LogP contribution in [0.5, 0.6) is 0 Å².